The van der Waals surface area contributed by atoms with Gasteiger partial charge < -0.3 is 18.8 Å². The number of imidazole rings is 1. The number of ether oxygens (including phenoxy) is 3. The number of methoxy groups -OCH3 is 1. The molecule has 44 heavy (non-hydrogen) atoms. The molecule has 1 unspecified atom stereocenters. The molecule has 4 heterocycles. The van der Waals surface area contributed by atoms with Crippen LogP contribution in [0.2, 0.25) is 5.02 Å². The molecule has 0 spiro atoms. The van der Waals surface area contributed by atoms with Crippen LogP contribution in [0.5, 0.6) is 5.88 Å². The van der Waals surface area contributed by atoms with Crippen molar-refractivity contribution in [1.29, 1.82) is 0 Å². The third-order valence-corrected chi connectivity index (χ3v) is 9.42. The lowest BCUT2D eigenvalue weighted by atomic mass is 9.91. The molecular formula is C34H36ClFN4O4. The number of piperidine rings is 1. The molecule has 3 aliphatic rings. The van der Waals surface area contributed by atoms with E-state index in [9.17, 15) is 9.18 Å². The molecule has 0 radical (unpaired) electrons. The summed E-state index contributed by atoms with van der Waals surface area (Å²) in [6.07, 6.45) is 5.52. The smallest absolute Gasteiger partial charge is 0.337 e. The Morgan fingerprint density at radius 2 is 1.89 bits per heavy atom. The van der Waals surface area contributed by atoms with Gasteiger partial charge in [-0.1, -0.05) is 23.7 Å². The van der Waals surface area contributed by atoms with Crippen LogP contribution >= 0.6 is 11.6 Å². The number of esters is 1. The first kappa shape index (κ1) is 29.2. The van der Waals surface area contributed by atoms with Gasteiger partial charge in [0, 0.05) is 34.9 Å². The Labute approximate surface area is 261 Å². The highest BCUT2D eigenvalue weighted by Crippen LogP contribution is 2.47. The molecular weight excluding hydrogens is 583 g/mol. The van der Waals surface area contributed by atoms with E-state index in [1.807, 2.05) is 24.3 Å². The zero-order valence-electron chi connectivity index (χ0n) is 24.8. The van der Waals surface area contributed by atoms with Crippen LogP contribution in [0, 0.1) is 11.7 Å². The molecule has 3 fully saturated rings. The average Bonchev–Trinajstić information content (AvgIpc) is 3.79. The molecule has 2 aromatic carbocycles. The molecule has 1 aliphatic carbocycles. The van der Waals surface area contributed by atoms with E-state index in [1.54, 1.807) is 18.2 Å². The monoisotopic (exact) mass is 618 g/mol. The fourth-order valence-corrected chi connectivity index (χ4v) is 6.68. The van der Waals surface area contributed by atoms with Gasteiger partial charge in [-0.25, -0.2) is 19.2 Å². The molecule has 0 bridgehead atoms. The summed E-state index contributed by atoms with van der Waals surface area (Å²) in [6, 6.07) is 16.3. The van der Waals surface area contributed by atoms with Gasteiger partial charge in [-0.2, -0.15) is 0 Å². The van der Waals surface area contributed by atoms with Crippen molar-refractivity contribution in [2.75, 3.05) is 26.8 Å². The topological polar surface area (TPSA) is 78.7 Å². The van der Waals surface area contributed by atoms with Gasteiger partial charge >= 0.3 is 5.97 Å². The van der Waals surface area contributed by atoms with Gasteiger partial charge in [-0.3, -0.25) is 4.90 Å². The number of halogens is 2. The Bertz CT molecular complexity index is 1660. The number of nitrogens with zero attached hydrogens (tertiary/aromatic N) is 4. The van der Waals surface area contributed by atoms with Crippen LogP contribution in [-0.4, -0.2) is 58.3 Å². The summed E-state index contributed by atoms with van der Waals surface area (Å²) in [6.45, 7) is 3.48. The number of fused-ring (bicyclic) bond motifs is 1. The third kappa shape index (κ3) is 6.05. The number of benzene rings is 2. The minimum atomic E-state index is -0.385. The van der Waals surface area contributed by atoms with E-state index in [1.165, 1.54) is 26.0 Å². The molecule has 8 nitrogen and oxygen atoms in total. The summed E-state index contributed by atoms with van der Waals surface area (Å²) >= 11 is 5.88. The van der Waals surface area contributed by atoms with Crippen LogP contribution in [0.1, 0.15) is 71.5 Å². The van der Waals surface area contributed by atoms with Crippen LogP contribution in [0.4, 0.5) is 4.39 Å². The standard InChI is InChI=1S/C34H36ClFN4O4/c1-42-34(41)23-8-10-29-30(17-23)40(19-26-13-16-43-26)33(38-29)32(22-5-6-22)39-14-11-21(12-15-39)28-3-2-4-31(37-28)44-20-24-7-9-25(35)18-27(24)36/h2-4,7-10,17-18,21-22,26,32H,5-6,11-16,19-20H2,1H3/t26-,32?/m0/s1. The Kier molecular flexibility index (Phi) is 8.27. The third-order valence-electron chi connectivity index (χ3n) is 9.19. The molecule has 2 atom stereocenters. The SMILES string of the molecule is COC(=O)c1ccc2nc(C(C3CC3)N3CCC(c4cccc(OCc5ccc(Cl)cc5F)n4)CC3)n(C[C@@H]3CCO3)c2c1. The van der Waals surface area contributed by atoms with E-state index in [0.29, 0.717) is 33.9 Å². The number of rotatable bonds is 10. The lowest BCUT2D eigenvalue weighted by molar-refractivity contribution is -0.0596. The summed E-state index contributed by atoms with van der Waals surface area (Å²) in [4.78, 5) is 24.9. The van der Waals surface area contributed by atoms with Gasteiger partial charge in [0.25, 0.3) is 0 Å². The first-order chi connectivity index (χ1) is 21.5. The predicted octanol–water partition coefficient (Wildman–Crippen LogP) is 6.71. The zero-order chi connectivity index (χ0) is 30.2. The van der Waals surface area contributed by atoms with Crippen LogP contribution < -0.4 is 4.74 Å². The van der Waals surface area contributed by atoms with Gasteiger partial charge in [0.1, 0.15) is 18.2 Å². The van der Waals surface area contributed by atoms with Crippen molar-refractivity contribution in [3.05, 3.63) is 88.1 Å². The molecule has 4 aromatic rings. The quantitative estimate of drug-likeness (QED) is 0.183. The number of likely N-dealkylation sites (tertiary alicyclic amines) is 1. The van der Waals surface area contributed by atoms with E-state index in [-0.39, 0.29) is 30.5 Å². The number of hydrogen-bond donors (Lipinski definition) is 0. The molecule has 0 N–H and O–H groups in total. The maximum absolute atomic E-state index is 14.2. The summed E-state index contributed by atoms with van der Waals surface area (Å²) in [5, 5.41) is 0.360. The second kappa shape index (κ2) is 12.5. The largest absolute Gasteiger partial charge is 0.473 e. The van der Waals surface area contributed by atoms with Crippen molar-refractivity contribution in [3.8, 4) is 5.88 Å². The summed E-state index contributed by atoms with van der Waals surface area (Å²) in [5.41, 5.74) is 3.83. The molecule has 10 heteroatoms. The molecule has 230 valence electrons. The fraction of sp³-hybridized carbons (Fsp3) is 0.441. The van der Waals surface area contributed by atoms with Gasteiger partial charge in [0.2, 0.25) is 5.88 Å². The van der Waals surface area contributed by atoms with Crippen molar-refractivity contribution in [2.45, 2.75) is 63.3 Å². The van der Waals surface area contributed by atoms with E-state index >= 15 is 0 Å². The van der Waals surface area contributed by atoms with Crippen molar-refractivity contribution < 1.29 is 23.4 Å². The summed E-state index contributed by atoms with van der Waals surface area (Å²) in [5.74, 6) is 1.71. The highest BCUT2D eigenvalue weighted by molar-refractivity contribution is 6.30. The number of carbonyl (C=O) groups is 1. The van der Waals surface area contributed by atoms with Gasteiger partial charge in [0.15, 0.2) is 0 Å². The van der Waals surface area contributed by atoms with E-state index in [0.717, 1.165) is 68.1 Å². The van der Waals surface area contributed by atoms with E-state index < -0.39 is 0 Å². The molecule has 7 rings (SSSR count). The van der Waals surface area contributed by atoms with Crippen molar-refractivity contribution in [3.63, 3.8) is 0 Å². The molecule has 2 aliphatic heterocycles. The van der Waals surface area contributed by atoms with Crippen LogP contribution in [0.15, 0.2) is 54.6 Å². The Balaban J connectivity index is 1.08. The first-order valence-electron chi connectivity index (χ1n) is 15.4. The number of pyridine rings is 1. The van der Waals surface area contributed by atoms with Crippen LogP contribution in [0.25, 0.3) is 11.0 Å². The number of aromatic nitrogens is 3. The van der Waals surface area contributed by atoms with E-state index in [2.05, 4.69) is 15.5 Å². The predicted molar refractivity (Wildman–Crippen MR) is 164 cm³/mol. The normalized spacial score (nSPS) is 19.9. The Hall–Kier alpha value is -3.53. The minimum Gasteiger partial charge on any atom is -0.473 e. The highest BCUT2D eigenvalue weighted by Gasteiger charge is 2.41. The Morgan fingerprint density at radius 1 is 1.07 bits per heavy atom. The van der Waals surface area contributed by atoms with Crippen molar-refractivity contribution in [1.82, 2.24) is 19.4 Å². The second-order valence-electron chi connectivity index (χ2n) is 12.1. The van der Waals surface area contributed by atoms with Gasteiger partial charge in [-0.05, 0) is 87.5 Å². The van der Waals surface area contributed by atoms with Gasteiger partial charge in [-0.15, -0.1) is 0 Å². The number of hydrogen-bond acceptors (Lipinski definition) is 7. The lowest BCUT2D eigenvalue weighted by Crippen LogP contribution is -2.39. The maximum Gasteiger partial charge on any atom is 0.337 e. The van der Waals surface area contributed by atoms with Gasteiger partial charge in [0.05, 0.1) is 42.4 Å². The minimum absolute atomic E-state index is 0.0923. The lowest BCUT2D eigenvalue weighted by Gasteiger charge is -2.38. The van der Waals surface area contributed by atoms with E-state index in [4.69, 9.17) is 35.8 Å². The fourth-order valence-electron chi connectivity index (χ4n) is 6.52. The molecule has 1 saturated carbocycles. The summed E-state index contributed by atoms with van der Waals surface area (Å²) in [7, 11) is 1.41. The molecule has 0 amide bonds. The highest BCUT2D eigenvalue weighted by atomic mass is 35.5. The maximum atomic E-state index is 14.2. The van der Waals surface area contributed by atoms with Crippen molar-refractivity contribution >= 4 is 28.6 Å². The van der Waals surface area contributed by atoms with Crippen LogP contribution in [0.3, 0.4) is 0 Å². The average molecular weight is 619 g/mol. The molecule has 2 saturated heterocycles. The van der Waals surface area contributed by atoms with Crippen LogP contribution in [-0.2, 0) is 22.6 Å². The molecule has 2 aromatic heterocycles. The summed E-state index contributed by atoms with van der Waals surface area (Å²) < 4.78 is 33.2. The first-order valence-corrected chi connectivity index (χ1v) is 15.8. The Morgan fingerprint density at radius 3 is 2.59 bits per heavy atom. The van der Waals surface area contributed by atoms with Crippen molar-refractivity contribution in [2.24, 2.45) is 5.92 Å². The second-order valence-corrected chi connectivity index (χ2v) is 12.5. The number of carbonyl (C=O) groups excluding carboxylic acids is 1. The zero-order valence-corrected chi connectivity index (χ0v) is 25.5.